The summed E-state index contributed by atoms with van der Waals surface area (Å²) in [6.07, 6.45) is 6.59. The van der Waals surface area contributed by atoms with Gasteiger partial charge in [0, 0.05) is 11.4 Å². The molecule has 0 spiro atoms. The number of carboxylic acid groups (broad SMARTS) is 1. The number of anilines is 1. The van der Waals surface area contributed by atoms with Gasteiger partial charge in [-0.1, -0.05) is 25.7 Å². The highest BCUT2D eigenvalue weighted by Crippen LogP contribution is 2.28. The Kier molecular flexibility index (Phi) is 3.99. The standard InChI is InChI=1S/C12H18N2O2S/c1-8-10(11(15)16)14-12(17-8)13-7-6-9-4-2-3-5-9/h9H,2-7H2,1H3,(H,13,14)(H,15,16). The van der Waals surface area contributed by atoms with E-state index in [9.17, 15) is 4.79 Å². The number of hydrogen-bond acceptors (Lipinski definition) is 4. The summed E-state index contributed by atoms with van der Waals surface area (Å²) in [5.41, 5.74) is 0.179. The molecule has 17 heavy (non-hydrogen) atoms. The van der Waals surface area contributed by atoms with Crippen LogP contribution in [0.15, 0.2) is 0 Å². The molecule has 1 aliphatic carbocycles. The quantitative estimate of drug-likeness (QED) is 0.847. The van der Waals surface area contributed by atoms with Crippen molar-refractivity contribution in [2.24, 2.45) is 5.92 Å². The fourth-order valence-electron chi connectivity index (χ4n) is 2.35. The van der Waals surface area contributed by atoms with Crippen LogP contribution in [-0.4, -0.2) is 22.6 Å². The van der Waals surface area contributed by atoms with Crippen molar-refractivity contribution in [2.75, 3.05) is 11.9 Å². The molecule has 4 nitrogen and oxygen atoms in total. The van der Waals surface area contributed by atoms with E-state index < -0.39 is 5.97 Å². The molecular formula is C12H18N2O2S. The summed E-state index contributed by atoms with van der Waals surface area (Å²) < 4.78 is 0. The van der Waals surface area contributed by atoms with Gasteiger partial charge in [0.25, 0.3) is 0 Å². The Morgan fingerprint density at radius 2 is 2.24 bits per heavy atom. The molecule has 0 aliphatic heterocycles. The Bertz CT molecular complexity index is 397. The van der Waals surface area contributed by atoms with Crippen LogP contribution in [0, 0.1) is 12.8 Å². The zero-order valence-corrected chi connectivity index (χ0v) is 10.8. The van der Waals surface area contributed by atoms with E-state index in [1.807, 2.05) is 0 Å². The molecule has 1 aliphatic rings. The van der Waals surface area contributed by atoms with Crippen LogP contribution in [-0.2, 0) is 0 Å². The second kappa shape index (κ2) is 5.49. The maximum atomic E-state index is 10.8. The number of nitrogens with zero attached hydrogens (tertiary/aromatic N) is 1. The second-order valence-corrected chi connectivity index (χ2v) is 5.80. The monoisotopic (exact) mass is 254 g/mol. The predicted molar refractivity (Wildman–Crippen MR) is 68.9 cm³/mol. The van der Waals surface area contributed by atoms with E-state index in [4.69, 9.17) is 5.11 Å². The van der Waals surface area contributed by atoms with Gasteiger partial charge in [-0.2, -0.15) is 0 Å². The van der Waals surface area contributed by atoms with Crippen LogP contribution in [0.3, 0.4) is 0 Å². The van der Waals surface area contributed by atoms with Gasteiger partial charge in [-0.15, -0.1) is 11.3 Å². The van der Waals surface area contributed by atoms with Crippen LogP contribution in [0.2, 0.25) is 0 Å². The van der Waals surface area contributed by atoms with Crippen molar-refractivity contribution in [1.82, 2.24) is 4.98 Å². The molecule has 2 N–H and O–H groups in total. The maximum absolute atomic E-state index is 10.8. The van der Waals surface area contributed by atoms with Crippen molar-refractivity contribution in [2.45, 2.75) is 39.0 Å². The minimum atomic E-state index is -0.942. The van der Waals surface area contributed by atoms with Gasteiger partial charge in [0.15, 0.2) is 10.8 Å². The number of rotatable bonds is 5. The molecule has 1 aromatic heterocycles. The summed E-state index contributed by atoms with van der Waals surface area (Å²) in [5, 5.41) is 12.9. The number of aromatic nitrogens is 1. The van der Waals surface area contributed by atoms with Crippen molar-refractivity contribution in [3.8, 4) is 0 Å². The van der Waals surface area contributed by atoms with Gasteiger partial charge in [0.05, 0.1) is 0 Å². The molecule has 0 saturated heterocycles. The van der Waals surface area contributed by atoms with Crippen LogP contribution in [0.5, 0.6) is 0 Å². The van der Waals surface area contributed by atoms with Crippen molar-refractivity contribution in [1.29, 1.82) is 0 Å². The highest BCUT2D eigenvalue weighted by atomic mass is 32.1. The van der Waals surface area contributed by atoms with E-state index in [1.54, 1.807) is 6.92 Å². The first-order chi connectivity index (χ1) is 8.16. The molecule has 0 radical (unpaired) electrons. The highest BCUT2D eigenvalue weighted by molar-refractivity contribution is 7.15. The Hall–Kier alpha value is -1.10. The average molecular weight is 254 g/mol. The van der Waals surface area contributed by atoms with E-state index in [0.717, 1.165) is 22.5 Å². The van der Waals surface area contributed by atoms with Crippen molar-refractivity contribution in [3.05, 3.63) is 10.6 Å². The lowest BCUT2D eigenvalue weighted by Crippen LogP contribution is -2.07. The van der Waals surface area contributed by atoms with E-state index in [0.29, 0.717) is 0 Å². The topological polar surface area (TPSA) is 62.2 Å². The van der Waals surface area contributed by atoms with Gasteiger partial charge >= 0.3 is 5.97 Å². The lowest BCUT2D eigenvalue weighted by molar-refractivity contribution is 0.0690. The number of aromatic carboxylic acids is 1. The van der Waals surface area contributed by atoms with Crippen LogP contribution in [0.4, 0.5) is 5.13 Å². The molecule has 1 aromatic rings. The molecule has 1 fully saturated rings. The first-order valence-electron chi connectivity index (χ1n) is 6.11. The van der Waals surface area contributed by atoms with E-state index in [1.165, 1.54) is 43.4 Å². The third kappa shape index (κ3) is 3.19. The van der Waals surface area contributed by atoms with Gasteiger partial charge < -0.3 is 10.4 Å². The largest absolute Gasteiger partial charge is 0.476 e. The summed E-state index contributed by atoms with van der Waals surface area (Å²) in [4.78, 5) is 15.7. The molecule has 5 heteroatoms. The summed E-state index contributed by atoms with van der Waals surface area (Å²) in [6, 6.07) is 0. The molecule has 1 heterocycles. The minimum absolute atomic E-state index is 0.179. The summed E-state index contributed by atoms with van der Waals surface area (Å²) >= 11 is 1.42. The summed E-state index contributed by atoms with van der Waals surface area (Å²) in [7, 11) is 0. The normalized spacial score (nSPS) is 16.3. The van der Waals surface area contributed by atoms with Crippen LogP contribution in [0.25, 0.3) is 0 Å². The van der Waals surface area contributed by atoms with E-state index in [-0.39, 0.29) is 5.69 Å². The SMILES string of the molecule is Cc1sc(NCCC2CCCC2)nc1C(=O)O. The molecule has 0 unspecified atom stereocenters. The zero-order chi connectivity index (χ0) is 12.3. The fourth-order valence-corrected chi connectivity index (χ4v) is 3.18. The number of nitrogens with one attached hydrogen (secondary N) is 1. The van der Waals surface area contributed by atoms with Gasteiger partial charge in [-0.3, -0.25) is 0 Å². The van der Waals surface area contributed by atoms with Gasteiger partial charge in [-0.25, -0.2) is 9.78 Å². The molecular weight excluding hydrogens is 236 g/mol. The predicted octanol–water partition coefficient (Wildman–Crippen LogP) is 3.14. The first kappa shape index (κ1) is 12.4. The second-order valence-electron chi connectivity index (χ2n) is 4.59. The van der Waals surface area contributed by atoms with Crippen LogP contribution < -0.4 is 5.32 Å². The molecule has 1 saturated carbocycles. The minimum Gasteiger partial charge on any atom is -0.476 e. The number of carboxylic acids is 1. The number of hydrogen-bond donors (Lipinski definition) is 2. The molecule has 0 amide bonds. The number of thiazole rings is 1. The fraction of sp³-hybridized carbons (Fsp3) is 0.667. The Labute approximate surface area is 105 Å². The Morgan fingerprint density at radius 1 is 1.53 bits per heavy atom. The Balaban J connectivity index is 1.82. The maximum Gasteiger partial charge on any atom is 0.355 e. The van der Waals surface area contributed by atoms with Crippen molar-refractivity contribution in [3.63, 3.8) is 0 Å². The van der Waals surface area contributed by atoms with Gasteiger partial charge in [0.1, 0.15) is 0 Å². The van der Waals surface area contributed by atoms with Gasteiger partial charge in [0.2, 0.25) is 0 Å². The first-order valence-corrected chi connectivity index (χ1v) is 6.93. The average Bonchev–Trinajstić information content (AvgIpc) is 2.88. The zero-order valence-electron chi connectivity index (χ0n) is 10.0. The van der Waals surface area contributed by atoms with Crippen LogP contribution >= 0.6 is 11.3 Å². The smallest absolute Gasteiger partial charge is 0.355 e. The Morgan fingerprint density at radius 3 is 2.82 bits per heavy atom. The summed E-state index contributed by atoms with van der Waals surface area (Å²) in [5.74, 6) is -0.0925. The van der Waals surface area contributed by atoms with E-state index >= 15 is 0 Å². The van der Waals surface area contributed by atoms with E-state index in [2.05, 4.69) is 10.3 Å². The molecule has 94 valence electrons. The number of carbonyl (C=O) groups is 1. The molecule has 0 bridgehead atoms. The lowest BCUT2D eigenvalue weighted by Gasteiger charge is -2.08. The molecule has 0 atom stereocenters. The molecule has 0 aromatic carbocycles. The van der Waals surface area contributed by atoms with Crippen molar-refractivity contribution >= 4 is 22.4 Å². The van der Waals surface area contributed by atoms with Crippen molar-refractivity contribution < 1.29 is 9.90 Å². The third-order valence-electron chi connectivity index (χ3n) is 3.30. The highest BCUT2D eigenvalue weighted by Gasteiger charge is 2.16. The number of aryl methyl sites for hydroxylation is 1. The summed E-state index contributed by atoms with van der Waals surface area (Å²) in [6.45, 7) is 2.69. The lowest BCUT2D eigenvalue weighted by atomic mass is 10.0. The van der Waals surface area contributed by atoms with Gasteiger partial charge in [-0.05, 0) is 19.3 Å². The molecule has 2 rings (SSSR count). The van der Waals surface area contributed by atoms with Crippen LogP contribution in [0.1, 0.15) is 47.5 Å². The third-order valence-corrected chi connectivity index (χ3v) is 4.23.